The SMILES string of the molecule is CNCC(=O)c1c2c(c(Br)c3c1OCCC3)OCCC2. The van der Waals surface area contributed by atoms with E-state index < -0.39 is 0 Å². The number of ketones is 1. The lowest BCUT2D eigenvalue weighted by atomic mass is 9.91. The Hall–Kier alpha value is -1.07. The Morgan fingerprint density at radius 1 is 1.15 bits per heavy atom. The average Bonchev–Trinajstić information content (AvgIpc) is 2.48. The monoisotopic (exact) mass is 339 g/mol. The van der Waals surface area contributed by atoms with Gasteiger partial charge in [0.2, 0.25) is 0 Å². The van der Waals surface area contributed by atoms with Crippen molar-refractivity contribution in [2.45, 2.75) is 25.7 Å². The van der Waals surface area contributed by atoms with Crippen LogP contribution in [0.25, 0.3) is 0 Å². The third-order valence-corrected chi connectivity index (χ3v) is 4.63. The van der Waals surface area contributed by atoms with Gasteiger partial charge in [-0.25, -0.2) is 0 Å². The standard InChI is InChI=1S/C15H18BrNO3/c1-17-8-11(18)12-9-4-2-7-20-15(9)13(16)10-5-3-6-19-14(10)12/h17H,2-8H2,1H3. The third kappa shape index (κ3) is 2.23. The molecule has 1 aromatic rings. The van der Waals surface area contributed by atoms with Gasteiger partial charge in [0.05, 0.1) is 29.8 Å². The molecule has 2 heterocycles. The summed E-state index contributed by atoms with van der Waals surface area (Å²) >= 11 is 3.64. The lowest BCUT2D eigenvalue weighted by Gasteiger charge is -2.28. The highest BCUT2D eigenvalue weighted by molar-refractivity contribution is 9.10. The lowest BCUT2D eigenvalue weighted by molar-refractivity contribution is 0.0986. The Kier molecular flexibility index (Phi) is 3.98. The van der Waals surface area contributed by atoms with Gasteiger partial charge < -0.3 is 14.8 Å². The van der Waals surface area contributed by atoms with Gasteiger partial charge in [0.15, 0.2) is 5.78 Å². The highest BCUT2D eigenvalue weighted by Crippen LogP contribution is 2.46. The number of carbonyl (C=O) groups is 1. The van der Waals surface area contributed by atoms with Crippen LogP contribution in [0, 0.1) is 0 Å². The summed E-state index contributed by atoms with van der Waals surface area (Å²) in [5.41, 5.74) is 2.81. The Morgan fingerprint density at radius 3 is 2.50 bits per heavy atom. The van der Waals surface area contributed by atoms with Crippen LogP contribution < -0.4 is 14.8 Å². The van der Waals surface area contributed by atoms with Crippen molar-refractivity contribution in [2.75, 3.05) is 26.8 Å². The van der Waals surface area contributed by atoms with Crippen LogP contribution in [0.2, 0.25) is 0 Å². The number of hydrogen-bond acceptors (Lipinski definition) is 4. The van der Waals surface area contributed by atoms with E-state index >= 15 is 0 Å². The number of likely N-dealkylation sites (N-methyl/N-ethyl adjacent to an activating group) is 1. The first-order chi connectivity index (χ1) is 9.74. The summed E-state index contributed by atoms with van der Waals surface area (Å²) < 4.78 is 12.6. The molecule has 2 aliphatic rings. The van der Waals surface area contributed by atoms with Gasteiger partial charge in [0.1, 0.15) is 11.5 Å². The predicted molar refractivity (Wildman–Crippen MR) is 80.0 cm³/mol. The third-order valence-electron chi connectivity index (χ3n) is 3.79. The second kappa shape index (κ2) is 5.74. The highest BCUT2D eigenvalue weighted by atomic mass is 79.9. The number of carbonyl (C=O) groups excluding carboxylic acids is 1. The minimum atomic E-state index is 0.0832. The van der Waals surface area contributed by atoms with E-state index in [4.69, 9.17) is 9.47 Å². The van der Waals surface area contributed by atoms with E-state index in [0.717, 1.165) is 58.3 Å². The molecule has 0 spiro atoms. The van der Waals surface area contributed by atoms with Crippen molar-refractivity contribution in [3.8, 4) is 11.5 Å². The number of fused-ring (bicyclic) bond motifs is 2. The van der Waals surface area contributed by atoms with E-state index in [2.05, 4.69) is 21.2 Å². The summed E-state index contributed by atoms with van der Waals surface area (Å²) in [6.45, 7) is 1.72. The van der Waals surface area contributed by atoms with Crippen LogP contribution in [0.15, 0.2) is 4.47 Å². The smallest absolute Gasteiger partial charge is 0.180 e. The summed E-state index contributed by atoms with van der Waals surface area (Å²) in [5, 5.41) is 2.94. The van der Waals surface area contributed by atoms with Gasteiger partial charge in [-0.05, 0) is 48.7 Å². The van der Waals surface area contributed by atoms with Crippen molar-refractivity contribution in [3.05, 3.63) is 21.2 Å². The Bertz CT molecular complexity index is 520. The van der Waals surface area contributed by atoms with Gasteiger partial charge in [0, 0.05) is 11.1 Å². The molecule has 0 radical (unpaired) electrons. The van der Waals surface area contributed by atoms with E-state index in [-0.39, 0.29) is 5.78 Å². The quantitative estimate of drug-likeness (QED) is 0.859. The van der Waals surface area contributed by atoms with Crippen molar-refractivity contribution >= 4 is 21.7 Å². The number of rotatable bonds is 3. The molecular weight excluding hydrogens is 322 g/mol. The first-order valence-corrected chi connectivity index (χ1v) is 7.84. The summed E-state index contributed by atoms with van der Waals surface area (Å²) in [4.78, 5) is 12.5. The first-order valence-electron chi connectivity index (χ1n) is 7.04. The maximum Gasteiger partial charge on any atom is 0.180 e. The number of nitrogens with one attached hydrogen (secondary N) is 1. The van der Waals surface area contributed by atoms with Crippen molar-refractivity contribution in [1.29, 1.82) is 0 Å². The second-order valence-corrected chi connectivity index (χ2v) is 5.95. The molecule has 108 valence electrons. The minimum absolute atomic E-state index is 0.0832. The van der Waals surface area contributed by atoms with Crippen LogP contribution in [0.3, 0.4) is 0 Å². The fourth-order valence-electron chi connectivity index (χ4n) is 2.93. The van der Waals surface area contributed by atoms with Crippen LogP contribution in [-0.2, 0) is 12.8 Å². The maximum absolute atomic E-state index is 12.5. The molecule has 0 atom stereocenters. The molecule has 0 bridgehead atoms. The number of benzene rings is 1. The molecule has 0 unspecified atom stereocenters. The molecule has 5 heteroatoms. The van der Waals surface area contributed by atoms with E-state index in [1.165, 1.54) is 0 Å². The first kappa shape index (κ1) is 13.9. The van der Waals surface area contributed by atoms with Crippen LogP contribution >= 0.6 is 15.9 Å². The molecule has 2 aliphatic heterocycles. The van der Waals surface area contributed by atoms with E-state index in [1.54, 1.807) is 7.05 Å². The van der Waals surface area contributed by atoms with Crippen LogP contribution in [0.5, 0.6) is 11.5 Å². The van der Waals surface area contributed by atoms with Crippen molar-refractivity contribution < 1.29 is 14.3 Å². The molecular formula is C15H18BrNO3. The van der Waals surface area contributed by atoms with E-state index in [9.17, 15) is 4.79 Å². The van der Waals surface area contributed by atoms with Crippen LogP contribution in [0.4, 0.5) is 0 Å². The highest BCUT2D eigenvalue weighted by Gasteiger charge is 2.30. The average molecular weight is 340 g/mol. The summed E-state index contributed by atoms with van der Waals surface area (Å²) in [6.07, 6.45) is 3.71. The van der Waals surface area contributed by atoms with Gasteiger partial charge in [0.25, 0.3) is 0 Å². The molecule has 0 amide bonds. The van der Waals surface area contributed by atoms with Crippen molar-refractivity contribution in [3.63, 3.8) is 0 Å². The molecule has 20 heavy (non-hydrogen) atoms. The van der Waals surface area contributed by atoms with E-state index in [1.807, 2.05) is 0 Å². The number of ether oxygens (including phenoxy) is 2. The summed E-state index contributed by atoms with van der Waals surface area (Å²) in [6, 6.07) is 0. The molecule has 0 aromatic heterocycles. The van der Waals surface area contributed by atoms with Gasteiger partial charge in [-0.1, -0.05) is 0 Å². The van der Waals surface area contributed by atoms with Gasteiger partial charge in [-0.2, -0.15) is 0 Å². The number of halogens is 1. The van der Waals surface area contributed by atoms with Crippen LogP contribution in [-0.4, -0.2) is 32.6 Å². The fourth-order valence-corrected chi connectivity index (χ4v) is 3.66. The van der Waals surface area contributed by atoms with Gasteiger partial charge in [-0.15, -0.1) is 0 Å². The van der Waals surface area contributed by atoms with Crippen molar-refractivity contribution in [2.24, 2.45) is 0 Å². The summed E-state index contributed by atoms with van der Waals surface area (Å²) in [5.74, 6) is 1.70. The van der Waals surface area contributed by atoms with Gasteiger partial charge >= 0.3 is 0 Å². The van der Waals surface area contributed by atoms with E-state index in [0.29, 0.717) is 19.8 Å². The summed E-state index contributed by atoms with van der Waals surface area (Å²) in [7, 11) is 1.78. The zero-order valence-electron chi connectivity index (χ0n) is 11.6. The molecule has 4 nitrogen and oxygen atoms in total. The zero-order valence-corrected chi connectivity index (χ0v) is 13.1. The van der Waals surface area contributed by atoms with Crippen molar-refractivity contribution in [1.82, 2.24) is 5.32 Å². The van der Waals surface area contributed by atoms with Crippen LogP contribution in [0.1, 0.15) is 34.3 Å². The number of Topliss-reactive ketones (excluding diaryl/α,β-unsaturated/α-hetero) is 1. The van der Waals surface area contributed by atoms with Gasteiger partial charge in [-0.3, -0.25) is 4.79 Å². The molecule has 0 saturated heterocycles. The largest absolute Gasteiger partial charge is 0.492 e. The number of hydrogen-bond donors (Lipinski definition) is 1. The minimum Gasteiger partial charge on any atom is -0.492 e. The Balaban J connectivity index is 2.21. The Labute approximate surface area is 127 Å². The Morgan fingerprint density at radius 2 is 1.80 bits per heavy atom. The topological polar surface area (TPSA) is 47.6 Å². The fraction of sp³-hybridized carbons (Fsp3) is 0.533. The maximum atomic E-state index is 12.5. The molecule has 3 rings (SSSR count). The second-order valence-electron chi connectivity index (χ2n) is 5.16. The predicted octanol–water partition coefficient (Wildman–Crippen LogP) is 2.50. The molecule has 0 fully saturated rings. The molecule has 0 saturated carbocycles. The lowest BCUT2D eigenvalue weighted by Crippen LogP contribution is -2.25. The zero-order chi connectivity index (χ0) is 14.1. The molecule has 1 aromatic carbocycles. The molecule has 1 N–H and O–H groups in total. The molecule has 0 aliphatic carbocycles. The normalized spacial score (nSPS) is 16.7.